The molecule has 1 unspecified atom stereocenters. The number of halogens is 3. The van der Waals surface area contributed by atoms with Crippen LogP contribution in [-0.2, 0) is 11.2 Å². The lowest BCUT2D eigenvalue weighted by atomic mass is 10.1. The van der Waals surface area contributed by atoms with E-state index in [0.29, 0.717) is 40.9 Å². The van der Waals surface area contributed by atoms with Gasteiger partial charge in [-0.15, -0.1) is 0 Å². The largest absolute Gasteiger partial charge is 0.482 e. The summed E-state index contributed by atoms with van der Waals surface area (Å²) in [6.45, 7) is 1.34. The zero-order valence-electron chi connectivity index (χ0n) is 17.8. The molecule has 0 saturated carbocycles. The summed E-state index contributed by atoms with van der Waals surface area (Å²) in [4.78, 5) is 29.2. The first kappa shape index (κ1) is 22.7. The van der Waals surface area contributed by atoms with Crippen LogP contribution in [0.25, 0.3) is 0 Å². The zero-order chi connectivity index (χ0) is 23.4. The molecule has 2 aliphatic heterocycles. The van der Waals surface area contributed by atoms with Crippen molar-refractivity contribution in [3.8, 4) is 5.75 Å². The van der Waals surface area contributed by atoms with Crippen LogP contribution in [0.1, 0.15) is 23.7 Å². The van der Waals surface area contributed by atoms with Gasteiger partial charge < -0.3 is 14.7 Å². The molecular formula is C23H22Cl3N3O4. The van der Waals surface area contributed by atoms with Gasteiger partial charge in [0.15, 0.2) is 0 Å². The fraction of sp³-hybridized carbons (Fsp3) is 0.391. The number of β-amino-alcohol motifs (C(OH)–C–C–N with tert-alkyl or cyclic N) is 1. The van der Waals surface area contributed by atoms with Gasteiger partial charge in [-0.1, -0.05) is 34.8 Å². The summed E-state index contributed by atoms with van der Waals surface area (Å²) in [6.07, 6.45) is 0.605. The van der Waals surface area contributed by atoms with Gasteiger partial charge >= 0.3 is 6.03 Å². The number of aliphatic hydroxyl groups is 1. The fourth-order valence-corrected chi connectivity index (χ4v) is 5.69. The van der Waals surface area contributed by atoms with Crippen molar-refractivity contribution in [3.63, 3.8) is 0 Å². The number of fused-ring (bicyclic) bond motifs is 1. The molecule has 0 bridgehead atoms. The molecule has 2 saturated heterocycles. The van der Waals surface area contributed by atoms with Crippen molar-refractivity contribution in [2.45, 2.75) is 31.1 Å². The minimum absolute atomic E-state index is 0.0262. The normalized spacial score (nSPS) is 25.3. The van der Waals surface area contributed by atoms with E-state index >= 15 is 0 Å². The lowest BCUT2D eigenvalue weighted by Gasteiger charge is -2.30. The third-order valence-corrected chi connectivity index (χ3v) is 7.35. The van der Waals surface area contributed by atoms with Crippen molar-refractivity contribution in [2.75, 3.05) is 31.6 Å². The van der Waals surface area contributed by atoms with Crippen molar-refractivity contribution >= 4 is 52.4 Å². The molecule has 1 N–H and O–H groups in total. The van der Waals surface area contributed by atoms with E-state index in [1.807, 2.05) is 6.07 Å². The Morgan fingerprint density at radius 2 is 1.88 bits per heavy atom. The van der Waals surface area contributed by atoms with Crippen molar-refractivity contribution in [2.24, 2.45) is 0 Å². The number of amides is 3. The van der Waals surface area contributed by atoms with Gasteiger partial charge in [0.1, 0.15) is 18.4 Å². The fourth-order valence-electron chi connectivity index (χ4n) is 4.88. The first-order valence-corrected chi connectivity index (χ1v) is 11.8. The number of rotatable bonds is 4. The molecule has 2 aromatic carbocycles. The molecule has 5 rings (SSSR count). The number of aliphatic hydroxyl groups excluding tert-OH is 1. The second kappa shape index (κ2) is 8.64. The maximum atomic E-state index is 12.3. The summed E-state index contributed by atoms with van der Waals surface area (Å²) in [7, 11) is 1.57. The molecule has 3 atom stereocenters. The molecule has 2 fully saturated rings. The Labute approximate surface area is 206 Å². The molecule has 0 spiro atoms. The van der Waals surface area contributed by atoms with Crippen LogP contribution in [0.4, 0.5) is 10.5 Å². The van der Waals surface area contributed by atoms with E-state index in [9.17, 15) is 14.7 Å². The number of anilines is 1. The van der Waals surface area contributed by atoms with Gasteiger partial charge in [-0.3, -0.25) is 9.69 Å². The number of hydrogen-bond donors (Lipinski definition) is 1. The minimum Gasteiger partial charge on any atom is -0.482 e. The van der Waals surface area contributed by atoms with E-state index in [1.165, 1.54) is 4.90 Å². The predicted octanol–water partition coefficient (Wildman–Crippen LogP) is 4.16. The van der Waals surface area contributed by atoms with Gasteiger partial charge in [-0.25, -0.2) is 9.69 Å². The Kier molecular flexibility index (Phi) is 5.95. The second-order valence-corrected chi connectivity index (χ2v) is 9.94. The molecule has 7 nitrogen and oxygen atoms in total. The quantitative estimate of drug-likeness (QED) is 0.626. The van der Waals surface area contributed by atoms with E-state index in [4.69, 9.17) is 39.5 Å². The van der Waals surface area contributed by atoms with Crippen molar-refractivity contribution in [1.29, 1.82) is 0 Å². The van der Waals surface area contributed by atoms with Gasteiger partial charge in [0, 0.05) is 35.7 Å². The van der Waals surface area contributed by atoms with Gasteiger partial charge in [-0.2, -0.15) is 0 Å². The first-order chi connectivity index (χ1) is 15.7. The maximum absolute atomic E-state index is 12.3. The monoisotopic (exact) mass is 509 g/mol. The maximum Gasteiger partial charge on any atom is 0.331 e. The molecule has 0 radical (unpaired) electrons. The molecule has 0 aromatic heterocycles. The van der Waals surface area contributed by atoms with Crippen LogP contribution >= 0.6 is 34.8 Å². The Morgan fingerprint density at radius 3 is 2.52 bits per heavy atom. The van der Waals surface area contributed by atoms with E-state index in [-0.39, 0.29) is 29.6 Å². The highest BCUT2D eigenvalue weighted by atomic mass is 35.5. The standard InChI is InChI=1S/C23H22Cl3N3O4/c1-27-11-21(31)29(23(27)32)13-2-3-20(18(26)8-13)33-22-16-6-12(24)7-17(25)15(16)9-19(22)28-5-4-14(30)10-28/h2-3,6-8,14,19,22,30H,4-5,9-11H2,1H3/t14?,19-,22-/m0/s1. The Hall–Kier alpha value is -2.03. The number of urea groups is 1. The molecule has 10 heteroatoms. The summed E-state index contributed by atoms with van der Waals surface area (Å²) in [5.41, 5.74) is 2.26. The number of hydrogen-bond acceptors (Lipinski definition) is 5. The summed E-state index contributed by atoms with van der Waals surface area (Å²) in [5, 5.41) is 11.5. The summed E-state index contributed by atoms with van der Waals surface area (Å²) in [5.74, 6) is 0.112. The molecule has 1 aliphatic carbocycles. The summed E-state index contributed by atoms with van der Waals surface area (Å²) < 4.78 is 6.42. The lowest BCUT2D eigenvalue weighted by Crippen LogP contribution is -2.39. The SMILES string of the molecule is CN1CC(=O)N(c2ccc(O[C@H]3c4cc(Cl)cc(Cl)c4C[C@@H]3N3CCC(O)C3)c(Cl)c2)C1=O. The Bertz CT molecular complexity index is 1140. The molecule has 33 heavy (non-hydrogen) atoms. The molecule has 3 aliphatic rings. The highest BCUT2D eigenvalue weighted by Crippen LogP contribution is 2.44. The van der Waals surface area contributed by atoms with Crippen molar-refractivity contribution < 1.29 is 19.4 Å². The van der Waals surface area contributed by atoms with Crippen LogP contribution in [0.2, 0.25) is 15.1 Å². The van der Waals surface area contributed by atoms with E-state index < -0.39 is 12.1 Å². The Balaban J connectivity index is 1.46. The van der Waals surface area contributed by atoms with Gasteiger partial charge in [-0.05, 0) is 48.7 Å². The zero-order valence-corrected chi connectivity index (χ0v) is 20.1. The van der Waals surface area contributed by atoms with E-state index in [1.54, 1.807) is 31.3 Å². The lowest BCUT2D eigenvalue weighted by molar-refractivity contribution is -0.116. The number of ether oxygens (including phenoxy) is 1. The van der Waals surface area contributed by atoms with Gasteiger partial charge in [0.05, 0.1) is 22.9 Å². The number of imide groups is 1. The third kappa shape index (κ3) is 4.06. The van der Waals surface area contributed by atoms with Crippen LogP contribution in [0, 0.1) is 0 Å². The Morgan fingerprint density at radius 1 is 1.09 bits per heavy atom. The molecule has 2 heterocycles. The molecule has 174 valence electrons. The molecular weight excluding hydrogens is 489 g/mol. The topological polar surface area (TPSA) is 73.3 Å². The highest BCUT2D eigenvalue weighted by Gasteiger charge is 2.42. The number of carbonyl (C=O) groups excluding carboxylic acids is 2. The first-order valence-electron chi connectivity index (χ1n) is 10.7. The van der Waals surface area contributed by atoms with Crippen LogP contribution in [0.15, 0.2) is 30.3 Å². The highest BCUT2D eigenvalue weighted by molar-refractivity contribution is 6.35. The molecule has 3 amide bonds. The number of likely N-dealkylation sites (N-methyl/N-ethyl adjacent to an activating group) is 1. The number of likely N-dealkylation sites (tertiary alicyclic amines) is 1. The average molecular weight is 511 g/mol. The minimum atomic E-state index is -0.397. The van der Waals surface area contributed by atoms with Crippen LogP contribution in [-0.4, -0.2) is 65.7 Å². The number of benzene rings is 2. The van der Waals surface area contributed by atoms with E-state index in [2.05, 4.69) is 4.90 Å². The van der Waals surface area contributed by atoms with E-state index in [0.717, 1.165) is 22.6 Å². The number of carbonyl (C=O) groups is 2. The van der Waals surface area contributed by atoms with Crippen LogP contribution < -0.4 is 9.64 Å². The predicted molar refractivity (Wildman–Crippen MR) is 126 cm³/mol. The van der Waals surface area contributed by atoms with Gasteiger partial charge in [0.25, 0.3) is 5.91 Å². The second-order valence-electron chi connectivity index (χ2n) is 8.69. The summed E-state index contributed by atoms with van der Waals surface area (Å²) in [6, 6.07) is 8.01. The molecule has 2 aromatic rings. The average Bonchev–Trinajstić information content (AvgIpc) is 3.40. The third-order valence-electron chi connectivity index (χ3n) is 6.50. The van der Waals surface area contributed by atoms with Crippen molar-refractivity contribution in [3.05, 3.63) is 56.5 Å². The van der Waals surface area contributed by atoms with Gasteiger partial charge in [0.2, 0.25) is 0 Å². The summed E-state index contributed by atoms with van der Waals surface area (Å²) >= 11 is 19.3. The van der Waals surface area contributed by atoms with Crippen molar-refractivity contribution in [1.82, 2.24) is 9.80 Å². The number of nitrogens with zero attached hydrogens (tertiary/aromatic N) is 3. The smallest absolute Gasteiger partial charge is 0.331 e. The van der Waals surface area contributed by atoms with Crippen LogP contribution in [0.5, 0.6) is 5.75 Å². The van der Waals surface area contributed by atoms with Crippen LogP contribution in [0.3, 0.4) is 0 Å².